The van der Waals surface area contributed by atoms with Crippen LogP contribution in [0.5, 0.6) is 0 Å². The van der Waals surface area contributed by atoms with Crippen LogP contribution >= 0.6 is 35.2 Å². The van der Waals surface area contributed by atoms with Crippen molar-refractivity contribution in [2.75, 3.05) is 23.9 Å². The molecule has 9 heteroatoms. The fourth-order valence-corrected chi connectivity index (χ4v) is 5.28. The van der Waals surface area contributed by atoms with Crippen molar-refractivity contribution < 1.29 is 9.53 Å². The van der Waals surface area contributed by atoms with Crippen LogP contribution in [0.15, 0.2) is 54.0 Å². The van der Waals surface area contributed by atoms with Gasteiger partial charge in [-0.1, -0.05) is 17.7 Å². The summed E-state index contributed by atoms with van der Waals surface area (Å²) in [6, 6.07) is 13.3. The molecule has 6 nitrogen and oxygen atoms in total. The van der Waals surface area contributed by atoms with Crippen LogP contribution in [0.4, 0.5) is 11.4 Å². The van der Waals surface area contributed by atoms with Crippen LogP contribution in [0, 0.1) is 6.92 Å². The molecule has 2 N–H and O–H groups in total. The Kier molecular flexibility index (Phi) is 6.52. The number of aryl methyl sites for hydroxylation is 1. The van der Waals surface area contributed by atoms with E-state index in [0.29, 0.717) is 15.8 Å². The number of rotatable bonds is 6. The Hall–Kier alpha value is -2.52. The highest BCUT2D eigenvalue weighted by Crippen LogP contribution is 2.45. The predicted molar refractivity (Wildman–Crippen MR) is 129 cm³/mol. The normalized spacial score (nSPS) is 18.2. The van der Waals surface area contributed by atoms with Gasteiger partial charge < -0.3 is 20.3 Å². The van der Waals surface area contributed by atoms with E-state index < -0.39 is 0 Å². The molecule has 4 rings (SSSR count). The number of amides is 1. The molecule has 3 aromatic rings. The highest BCUT2D eigenvalue weighted by molar-refractivity contribution is 7.80. The molecule has 160 valence electrons. The molecule has 0 spiro atoms. The van der Waals surface area contributed by atoms with Gasteiger partial charge in [0.25, 0.3) is 0 Å². The Morgan fingerprint density at radius 3 is 2.84 bits per heavy atom. The molecule has 1 saturated heterocycles. The van der Waals surface area contributed by atoms with E-state index in [1.807, 2.05) is 30.3 Å². The van der Waals surface area contributed by atoms with Gasteiger partial charge in [-0.15, -0.1) is 11.3 Å². The van der Waals surface area contributed by atoms with Crippen molar-refractivity contribution >= 4 is 57.5 Å². The fraction of sp³-hybridized carbons (Fsp3) is 0.227. The molecule has 2 unspecified atom stereocenters. The molecule has 1 fully saturated rings. The van der Waals surface area contributed by atoms with Gasteiger partial charge in [0.1, 0.15) is 6.61 Å². The number of pyridine rings is 1. The highest BCUT2D eigenvalue weighted by atomic mass is 35.5. The van der Waals surface area contributed by atoms with Crippen LogP contribution in [0.3, 0.4) is 0 Å². The minimum Gasteiger partial charge on any atom is -0.375 e. The zero-order valence-electron chi connectivity index (χ0n) is 17.0. The molecule has 1 aliphatic heterocycles. The SMILES string of the molecule is COCC(=O)Nc1ccc(N2C(=S)NC(c3ccccn3)C2c2sccc2C)cc1Cl. The van der Waals surface area contributed by atoms with Gasteiger partial charge in [0, 0.05) is 23.9 Å². The monoisotopic (exact) mass is 472 g/mol. The van der Waals surface area contributed by atoms with Gasteiger partial charge in [0.05, 0.1) is 28.5 Å². The summed E-state index contributed by atoms with van der Waals surface area (Å²) < 4.78 is 4.86. The lowest BCUT2D eigenvalue weighted by Gasteiger charge is -2.28. The van der Waals surface area contributed by atoms with Crippen molar-refractivity contribution in [2.24, 2.45) is 0 Å². The first-order valence-electron chi connectivity index (χ1n) is 9.62. The third kappa shape index (κ3) is 4.43. The quantitative estimate of drug-likeness (QED) is 0.499. The Bertz CT molecular complexity index is 1110. The van der Waals surface area contributed by atoms with Gasteiger partial charge >= 0.3 is 0 Å². The number of carbonyl (C=O) groups is 1. The number of nitrogens with zero attached hydrogens (tertiary/aromatic N) is 2. The number of hydrogen-bond donors (Lipinski definition) is 2. The first kappa shape index (κ1) is 21.7. The molecule has 1 amide bonds. The maximum absolute atomic E-state index is 11.9. The Balaban J connectivity index is 1.72. The largest absolute Gasteiger partial charge is 0.375 e. The molecule has 2 aromatic heterocycles. The molecule has 0 aliphatic carbocycles. The van der Waals surface area contributed by atoms with Crippen molar-refractivity contribution in [1.29, 1.82) is 0 Å². The van der Waals surface area contributed by atoms with Gasteiger partial charge in [0.2, 0.25) is 5.91 Å². The van der Waals surface area contributed by atoms with E-state index in [-0.39, 0.29) is 24.6 Å². The van der Waals surface area contributed by atoms with Crippen LogP contribution in [-0.4, -0.2) is 29.7 Å². The van der Waals surface area contributed by atoms with Gasteiger partial charge in [-0.3, -0.25) is 9.78 Å². The molecule has 1 aromatic carbocycles. The summed E-state index contributed by atoms with van der Waals surface area (Å²) in [4.78, 5) is 19.7. The lowest BCUT2D eigenvalue weighted by Crippen LogP contribution is -2.29. The number of aromatic nitrogens is 1. The summed E-state index contributed by atoms with van der Waals surface area (Å²) in [5.74, 6) is -0.266. The number of halogens is 1. The number of thiocarbonyl (C=S) groups is 1. The third-order valence-electron chi connectivity index (χ3n) is 5.05. The molecule has 0 radical (unpaired) electrons. The third-order valence-corrected chi connectivity index (χ3v) is 6.77. The first-order chi connectivity index (χ1) is 15.0. The van der Waals surface area contributed by atoms with Crippen LogP contribution in [-0.2, 0) is 9.53 Å². The summed E-state index contributed by atoms with van der Waals surface area (Å²) in [6.45, 7) is 2.06. The summed E-state index contributed by atoms with van der Waals surface area (Å²) in [6.07, 6.45) is 1.79. The average Bonchev–Trinajstić information content (AvgIpc) is 3.32. The smallest absolute Gasteiger partial charge is 0.250 e. The van der Waals surface area contributed by atoms with Crippen LogP contribution < -0.4 is 15.5 Å². The molecule has 1 aliphatic rings. The molecular weight excluding hydrogens is 452 g/mol. The number of anilines is 2. The molecule has 31 heavy (non-hydrogen) atoms. The average molecular weight is 473 g/mol. The second-order valence-electron chi connectivity index (χ2n) is 7.11. The minimum atomic E-state index is -0.266. The molecular formula is C22H21ClN4O2S2. The van der Waals surface area contributed by atoms with Crippen molar-refractivity contribution in [1.82, 2.24) is 10.3 Å². The zero-order valence-corrected chi connectivity index (χ0v) is 19.4. The second kappa shape index (κ2) is 9.32. The van der Waals surface area contributed by atoms with E-state index in [1.54, 1.807) is 23.6 Å². The Morgan fingerprint density at radius 2 is 2.19 bits per heavy atom. The fourth-order valence-electron chi connectivity index (χ4n) is 3.66. The van der Waals surface area contributed by atoms with E-state index >= 15 is 0 Å². The van der Waals surface area contributed by atoms with Crippen LogP contribution in [0.1, 0.15) is 28.2 Å². The van der Waals surface area contributed by atoms with Gasteiger partial charge in [-0.05, 0) is 66.5 Å². The van der Waals surface area contributed by atoms with E-state index in [0.717, 1.165) is 11.4 Å². The Morgan fingerprint density at radius 1 is 1.35 bits per heavy atom. The molecule has 3 heterocycles. The summed E-state index contributed by atoms with van der Waals surface area (Å²) in [7, 11) is 1.47. The van der Waals surface area contributed by atoms with E-state index in [4.69, 9.17) is 28.6 Å². The van der Waals surface area contributed by atoms with Crippen molar-refractivity contribution in [2.45, 2.75) is 19.0 Å². The number of benzene rings is 1. The topological polar surface area (TPSA) is 66.5 Å². The van der Waals surface area contributed by atoms with E-state index in [9.17, 15) is 4.79 Å². The highest BCUT2D eigenvalue weighted by Gasteiger charge is 2.42. The molecule has 0 bridgehead atoms. The first-order valence-corrected chi connectivity index (χ1v) is 11.3. The van der Waals surface area contributed by atoms with Gasteiger partial charge in [0.15, 0.2) is 5.11 Å². The van der Waals surface area contributed by atoms with Crippen molar-refractivity contribution in [3.8, 4) is 0 Å². The van der Waals surface area contributed by atoms with E-state index in [1.165, 1.54) is 17.6 Å². The van der Waals surface area contributed by atoms with Crippen LogP contribution in [0.25, 0.3) is 0 Å². The summed E-state index contributed by atoms with van der Waals surface area (Å²) in [5.41, 5.74) is 3.47. The van der Waals surface area contributed by atoms with E-state index in [2.05, 4.69) is 38.9 Å². The Labute approximate surface area is 195 Å². The number of thiophene rings is 1. The number of hydrogen-bond acceptors (Lipinski definition) is 5. The second-order valence-corrected chi connectivity index (χ2v) is 8.85. The number of carbonyl (C=O) groups excluding carboxylic acids is 1. The van der Waals surface area contributed by atoms with Gasteiger partial charge in [-0.2, -0.15) is 0 Å². The summed E-state index contributed by atoms with van der Waals surface area (Å²) >= 11 is 13.9. The van der Waals surface area contributed by atoms with Crippen molar-refractivity contribution in [3.63, 3.8) is 0 Å². The predicted octanol–water partition coefficient (Wildman–Crippen LogP) is 4.87. The number of methoxy groups -OCH3 is 1. The zero-order chi connectivity index (χ0) is 22.0. The molecule has 0 saturated carbocycles. The van der Waals surface area contributed by atoms with Gasteiger partial charge in [-0.25, -0.2) is 0 Å². The van der Waals surface area contributed by atoms with Crippen LogP contribution in [0.2, 0.25) is 5.02 Å². The molecule has 2 atom stereocenters. The number of nitrogens with one attached hydrogen (secondary N) is 2. The maximum Gasteiger partial charge on any atom is 0.250 e. The lowest BCUT2D eigenvalue weighted by molar-refractivity contribution is -0.119. The standard InChI is InChI=1S/C22H21ClN4O2S2/c1-13-8-10-31-21(13)20-19(17-5-3-4-9-24-17)26-22(30)27(20)14-6-7-16(15(23)11-14)25-18(28)12-29-2/h3-11,19-20H,12H2,1-2H3,(H,25,28)(H,26,30). The maximum atomic E-state index is 11.9. The van der Waals surface area contributed by atoms with Crippen molar-refractivity contribution in [3.05, 3.63) is 75.2 Å². The minimum absolute atomic E-state index is 0.0380. The summed E-state index contributed by atoms with van der Waals surface area (Å²) in [5, 5.41) is 9.30. The lowest BCUT2D eigenvalue weighted by atomic mass is 10.0. The number of ether oxygens (including phenoxy) is 1.